The molecule has 0 radical (unpaired) electrons. The van der Waals surface area contributed by atoms with E-state index < -0.39 is 0 Å². The summed E-state index contributed by atoms with van der Waals surface area (Å²) in [7, 11) is 0. The van der Waals surface area contributed by atoms with Crippen molar-refractivity contribution in [3.8, 4) is 11.5 Å². The molecule has 1 aliphatic heterocycles. The number of ether oxygens (including phenoxy) is 3. The zero-order valence-electron chi connectivity index (χ0n) is 13.4. The van der Waals surface area contributed by atoms with Gasteiger partial charge in [-0.1, -0.05) is 12.1 Å². The van der Waals surface area contributed by atoms with Gasteiger partial charge in [-0.2, -0.15) is 0 Å². The second-order valence-electron chi connectivity index (χ2n) is 5.98. The van der Waals surface area contributed by atoms with Crippen molar-refractivity contribution >= 4 is 0 Å². The summed E-state index contributed by atoms with van der Waals surface area (Å²) in [5, 5.41) is 3.55. The molecule has 1 aliphatic rings. The Morgan fingerprint density at radius 1 is 1.24 bits per heavy atom. The number of rotatable bonds is 7. The van der Waals surface area contributed by atoms with E-state index in [-0.39, 0.29) is 5.60 Å². The van der Waals surface area contributed by atoms with Gasteiger partial charge < -0.3 is 19.5 Å². The lowest BCUT2D eigenvalue weighted by molar-refractivity contribution is -0.0630. The van der Waals surface area contributed by atoms with E-state index in [1.54, 1.807) is 0 Å². The summed E-state index contributed by atoms with van der Waals surface area (Å²) in [6.45, 7) is 9.23. The molecule has 1 saturated heterocycles. The van der Waals surface area contributed by atoms with Crippen LogP contribution in [0.5, 0.6) is 11.5 Å². The maximum atomic E-state index is 5.81. The lowest BCUT2D eigenvalue weighted by atomic mass is 9.94. The summed E-state index contributed by atoms with van der Waals surface area (Å²) in [5.41, 5.74) is -0.0155. The molecule has 0 saturated carbocycles. The number of para-hydroxylation sites is 2. The van der Waals surface area contributed by atoms with Gasteiger partial charge in [-0.25, -0.2) is 0 Å². The second-order valence-corrected chi connectivity index (χ2v) is 5.98. The minimum atomic E-state index is -0.0155. The third-order valence-electron chi connectivity index (χ3n) is 3.64. The van der Waals surface area contributed by atoms with E-state index in [0.29, 0.717) is 19.3 Å². The topological polar surface area (TPSA) is 39.7 Å². The predicted molar refractivity (Wildman–Crippen MR) is 84.2 cm³/mol. The van der Waals surface area contributed by atoms with Crippen LogP contribution in [0.2, 0.25) is 0 Å². The Morgan fingerprint density at radius 2 is 1.95 bits per heavy atom. The average Bonchev–Trinajstić information content (AvgIpc) is 2.44. The van der Waals surface area contributed by atoms with Gasteiger partial charge in [-0.15, -0.1) is 0 Å². The van der Waals surface area contributed by atoms with E-state index in [9.17, 15) is 0 Å². The van der Waals surface area contributed by atoms with Crippen LogP contribution in [0.4, 0.5) is 0 Å². The Labute approximate surface area is 127 Å². The molecule has 2 rings (SSSR count). The molecule has 118 valence electrons. The molecular weight excluding hydrogens is 266 g/mol. The molecule has 1 unspecified atom stereocenters. The second kappa shape index (κ2) is 7.66. The fraction of sp³-hybridized carbons (Fsp3) is 0.647. The van der Waals surface area contributed by atoms with E-state index in [0.717, 1.165) is 37.5 Å². The Bertz CT molecular complexity index is 434. The third kappa shape index (κ3) is 5.21. The van der Waals surface area contributed by atoms with E-state index in [1.807, 2.05) is 31.2 Å². The van der Waals surface area contributed by atoms with E-state index in [1.165, 1.54) is 0 Å². The molecule has 4 nitrogen and oxygen atoms in total. The van der Waals surface area contributed by atoms with Gasteiger partial charge in [-0.05, 0) is 45.7 Å². The Hall–Kier alpha value is -1.26. The van der Waals surface area contributed by atoms with Crippen molar-refractivity contribution in [2.45, 2.75) is 45.3 Å². The van der Waals surface area contributed by atoms with Crippen molar-refractivity contribution in [3.05, 3.63) is 24.3 Å². The smallest absolute Gasteiger partial charge is 0.161 e. The average molecular weight is 293 g/mol. The summed E-state index contributed by atoms with van der Waals surface area (Å²) in [5.74, 6) is 1.63. The first-order chi connectivity index (χ1) is 10.1. The highest BCUT2D eigenvalue weighted by Gasteiger charge is 2.28. The van der Waals surface area contributed by atoms with Crippen molar-refractivity contribution < 1.29 is 14.2 Å². The minimum absolute atomic E-state index is 0.0155. The zero-order chi connectivity index (χ0) is 15.1. The molecule has 21 heavy (non-hydrogen) atoms. The largest absolute Gasteiger partial charge is 0.490 e. The van der Waals surface area contributed by atoms with Crippen molar-refractivity contribution in [3.63, 3.8) is 0 Å². The molecule has 0 spiro atoms. The lowest BCUT2D eigenvalue weighted by Gasteiger charge is -2.36. The van der Waals surface area contributed by atoms with Crippen LogP contribution in [0, 0.1) is 0 Å². The SMILES string of the molecule is CCOc1ccccc1OCCNC1CCOC(C)(C)C1. The zero-order valence-corrected chi connectivity index (χ0v) is 13.4. The molecule has 1 atom stereocenters. The molecule has 1 aromatic carbocycles. The highest BCUT2D eigenvalue weighted by molar-refractivity contribution is 5.39. The van der Waals surface area contributed by atoms with Gasteiger partial charge >= 0.3 is 0 Å². The quantitative estimate of drug-likeness (QED) is 0.785. The van der Waals surface area contributed by atoms with Crippen molar-refractivity contribution in [1.29, 1.82) is 0 Å². The van der Waals surface area contributed by atoms with E-state index in [2.05, 4.69) is 19.2 Å². The molecule has 0 bridgehead atoms. The van der Waals surface area contributed by atoms with Gasteiger partial charge in [0.15, 0.2) is 11.5 Å². The molecule has 1 aromatic rings. The molecule has 0 aromatic heterocycles. The van der Waals surface area contributed by atoms with E-state index >= 15 is 0 Å². The van der Waals surface area contributed by atoms with Gasteiger partial charge in [0.25, 0.3) is 0 Å². The highest BCUT2D eigenvalue weighted by atomic mass is 16.5. The summed E-state index contributed by atoms with van der Waals surface area (Å²) in [6.07, 6.45) is 2.11. The molecule has 1 fully saturated rings. The standard InChI is InChI=1S/C17H27NO3/c1-4-19-15-7-5-6-8-16(15)20-12-10-18-14-9-11-21-17(2,3)13-14/h5-8,14,18H,4,9-13H2,1-3H3. The summed E-state index contributed by atoms with van der Waals surface area (Å²) >= 11 is 0. The van der Waals surface area contributed by atoms with Gasteiger partial charge in [0.1, 0.15) is 6.61 Å². The van der Waals surface area contributed by atoms with Crippen LogP contribution in [0.1, 0.15) is 33.6 Å². The monoisotopic (exact) mass is 293 g/mol. The number of benzene rings is 1. The van der Waals surface area contributed by atoms with Crippen LogP contribution in [0.15, 0.2) is 24.3 Å². The van der Waals surface area contributed by atoms with Gasteiger partial charge in [0.05, 0.1) is 12.2 Å². The Kier molecular flexibility index (Phi) is 5.88. The van der Waals surface area contributed by atoms with Gasteiger partial charge in [-0.3, -0.25) is 0 Å². The Balaban J connectivity index is 1.72. The molecule has 1 N–H and O–H groups in total. The van der Waals surface area contributed by atoms with Crippen LogP contribution in [0.3, 0.4) is 0 Å². The lowest BCUT2D eigenvalue weighted by Crippen LogP contribution is -2.44. The van der Waals surface area contributed by atoms with Gasteiger partial charge in [0, 0.05) is 19.2 Å². The number of hydrogen-bond donors (Lipinski definition) is 1. The number of hydrogen-bond acceptors (Lipinski definition) is 4. The van der Waals surface area contributed by atoms with Crippen LogP contribution in [-0.4, -0.2) is 38.0 Å². The first kappa shape index (κ1) is 16.1. The first-order valence-electron chi connectivity index (χ1n) is 7.83. The summed E-state index contributed by atoms with van der Waals surface area (Å²) < 4.78 is 17.1. The van der Waals surface area contributed by atoms with Crippen LogP contribution >= 0.6 is 0 Å². The highest BCUT2D eigenvalue weighted by Crippen LogP contribution is 2.26. The number of nitrogens with one attached hydrogen (secondary N) is 1. The fourth-order valence-corrected chi connectivity index (χ4v) is 2.67. The van der Waals surface area contributed by atoms with E-state index in [4.69, 9.17) is 14.2 Å². The maximum absolute atomic E-state index is 5.81. The maximum Gasteiger partial charge on any atom is 0.161 e. The first-order valence-corrected chi connectivity index (χ1v) is 7.83. The van der Waals surface area contributed by atoms with Crippen molar-refractivity contribution in [1.82, 2.24) is 5.32 Å². The molecule has 4 heteroatoms. The third-order valence-corrected chi connectivity index (χ3v) is 3.64. The van der Waals surface area contributed by atoms with Crippen LogP contribution < -0.4 is 14.8 Å². The molecule has 0 amide bonds. The van der Waals surface area contributed by atoms with Crippen molar-refractivity contribution in [2.75, 3.05) is 26.4 Å². The van der Waals surface area contributed by atoms with Crippen LogP contribution in [-0.2, 0) is 4.74 Å². The minimum Gasteiger partial charge on any atom is -0.490 e. The molecule has 1 heterocycles. The van der Waals surface area contributed by atoms with Gasteiger partial charge in [0.2, 0.25) is 0 Å². The molecule has 0 aliphatic carbocycles. The molecular formula is C17H27NO3. The normalized spacial score (nSPS) is 21.0. The van der Waals surface area contributed by atoms with Crippen molar-refractivity contribution in [2.24, 2.45) is 0 Å². The Morgan fingerprint density at radius 3 is 2.62 bits per heavy atom. The van der Waals surface area contributed by atoms with Crippen LogP contribution in [0.25, 0.3) is 0 Å². The summed E-state index contributed by atoms with van der Waals surface area (Å²) in [6, 6.07) is 8.32. The summed E-state index contributed by atoms with van der Waals surface area (Å²) in [4.78, 5) is 0. The predicted octanol–water partition coefficient (Wildman–Crippen LogP) is 3.01. The fourth-order valence-electron chi connectivity index (χ4n) is 2.67.